The molecular formula is C13H20N2O4. The molecule has 0 aromatic carbocycles. The average molecular weight is 268 g/mol. The molecule has 2 aliphatic heterocycles. The van der Waals surface area contributed by atoms with Crippen LogP contribution in [0.2, 0.25) is 0 Å². The lowest BCUT2D eigenvalue weighted by molar-refractivity contribution is -0.154. The first-order chi connectivity index (χ1) is 9.24. The third-order valence-electron chi connectivity index (χ3n) is 4.17. The summed E-state index contributed by atoms with van der Waals surface area (Å²) in [5.74, 6) is 0.0135. The van der Waals surface area contributed by atoms with Gasteiger partial charge in [0.15, 0.2) is 0 Å². The molecule has 2 saturated heterocycles. The van der Waals surface area contributed by atoms with Gasteiger partial charge in [-0.25, -0.2) is 0 Å². The lowest BCUT2D eigenvalue weighted by Crippen LogP contribution is -2.52. The van der Waals surface area contributed by atoms with Gasteiger partial charge in [0.2, 0.25) is 11.8 Å². The smallest absolute Gasteiger partial charge is 0.238 e. The summed E-state index contributed by atoms with van der Waals surface area (Å²) in [4.78, 5) is 28.7. The molecule has 0 radical (unpaired) electrons. The van der Waals surface area contributed by atoms with E-state index < -0.39 is 5.41 Å². The fraction of sp³-hybridized carbons (Fsp3) is 0.846. The van der Waals surface area contributed by atoms with E-state index in [0.717, 1.165) is 0 Å². The van der Waals surface area contributed by atoms with E-state index in [9.17, 15) is 9.59 Å². The number of ether oxygens (including phenoxy) is 2. The van der Waals surface area contributed by atoms with Crippen LogP contribution in [0.3, 0.4) is 0 Å². The standard InChI is InChI=1S/C13H20N2O4/c16-11(14-3-7-18-8-4-14)13(1-2-13)12(17)15-5-9-19-10-6-15/h1-10H2. The van der Waals surface area contributed by atoms with Crippen LogP contribution in [-0.2, 0) is 19.1 Å². The highest BCUT2D eigenvalue weighted by atomic mass is 16.5. The number of nitrogens with zero attached hydrogens (tertiary/aromatic N) is 2. The SMILES string of the molecule is O=C(N1CCOCC1)C1(C(=O)N2CCOCC2)CC1. The summed E-state index contributed by atoms with van der Waals surface area (Å²) in [5, 5.41) is 0. The summed E-state index contributed by atoms with van der Waals surface area (Å²) in [6.45, 7) is 4.74. The number of rotatable bonds is 2. The Bertz CT molecular complexity index is 337. The number of morpholine rings is 2. The first-order valence-corrected chi connectivity index (χ1v) is 6.98. The molecule has 1 saturated carbocycles. The molecule has 19 heavy (non-hydrogen) atoms. The zero-order chi connectivity index (χ0) is 13.3. The van der Waals surface area contributed by atoms with Crippen LogP contribution in [-0.4, -0.2) is 74.2 Å². The summed E-state index contributed by atoms with van der Waals surface area (Å²) in [5.41, 5.74) is -0.755. The predicted octanol–water partition coefficient (Wildman–Crippen LogP) is -0.516. The number of hydrogen-bond acceptors (Lipinski definition) is 4. The molecular weight excluding hydrogens is 248 g/mol. The molecule has 0 aromatic heterocycles. The topological polar surface area (TPSA) is 59.1 Å². The van der Waals surface area contributed by atoms with E-state index in [1.54, 1.807) is 9.80 Å². The predicted molar refractivity (Wildman–Crippen MR) is 66.5 cm³/mol. The van der Waals surface area contributed by atoms with Gasteiger partial charge in [0.05, 0.1) is 26.4 Å². The van der Waals surface area contributed by atoms with Crippen molar-refractivity contribution in [3.63, 3.8) is 0 Å². The summed E-state index contributed by atoms with van der Waals surface area (Å²) in [6.07, 6.45) is 1.39. The minimum absolute atomic E-state index is 0.00675. The molecule has 3 aliphatic rings. The molecule has 2 amide bonds. The van der Waals surface area contributed by atoms with E-state index in [1.165, 1.54) is 0 Å². The minimum atomic E-state index is -0.755. The van der Waals surface area contributed by atoms with Crippen LogP contribution < -0.4 is 0 Å². The van der Waals surface area contributed by atoms with Crippen molar-refractivity contribution in [1.29, 1.82) is 0 Å². The highest BCUT2D eigenvalue weighted by molar-refractivity contribution is 6.07. The van der Waals surface area contributed by atoms with Crippen molar-refractivity contribution in [3.05, 3.63) is 0 Å². The van der Waals surface area contributed by atoms with Crippen molar-refractivity contribution in [2.75, 3.05) is 52.6 Å². The van der Waals surface area contributed by atoms with Crippen molar-refractivity contribution < 1.29 is 19.1 Å². The molecule has 106 valence electrons. The van der Waals surface area contributed by atoms with Gasteiger partial charge in [-0.05, 0) is 12.8 Å². The van der Waals surface area contributed by atoms with E-state index in [0.29, 0.717) is 65.4 Å². The van der Waals surface area contributed by atoms with E-state index in [2.05, 4.69) is 0 Å². The van der Waals surface area contributed by atoms with Crippen LogP contribution in [0.25, 0.3) is 0 Å². The maximum Gasteiger partial charge on any atom is 0.238 e. The van der Waals surface area contributed by atoms with Gasteiger partial charge in [0, 0.05) is 26.2 Å². The van der Waals surface area contributed by atoms with Crippen LogP contribution in [0, 0.1) is 5.41 Å². The number of carbonyl (C=O) groups is 2. The van der Waals surface area contributed by atoms with Crippen molar-refractivity contribution in [2.24, 2.45) is 5.41 Å². The lowest BCUT2D eigenvalue weighted by atomic mass is 10.0. The van der Waals surface area contributed by atoms with Gasteiger partial charge in [-0.2, -0.15) is 0 Å². The molecule has 0 N–H and O–H groups in total. The summed E-state index contributed by atoms with van der Waals surface area (Å²) < 4.78 is 10.5. The largest absolute Gasteiger partial charge is 0.378 e. The first-order valence-electron chi connectivity index (χ1n) is 6.98. The molecule has 6 heteroatoms. The van der Waals surface area contributed by atoms with E-state index in [1.807, 2.05) is 0 Å². The molecule has 1 aliphatic carbocycles. The molecule has 0 bridgehead atoms. The van der Waals surface area contributed by atoms with E-state index in [-0.39, 0.29) is 11.8 Å². The van der Waals surface area contributed by atoms with Crippen LogP contribution in [0.5, 0.6) is 0 Å². The lowest BCUT2D eigenvalue weighted by Gasteiger charge is -2.34. The maximum atomic E-state index is 12.6. The minimum Gasteiger partial charge on any atom is -0.378 e. The van der Waals surface area contributed by atoms with Crippen LogP contribution in [0.1, 0.15) is 12.8 Å². The number of carbonyl (C=O) groups excluding carboxylic acids is 2. The van der Waals surface area contributed by atoms with Crippen molar-refractivity contribution in [1.82, 2.24) is 9.80 Å². The first kappa shape index (κ1) is 12.9. The second kappa shape index (κ2) is 5.09. The third-order valence-corrected chi connectivity index (χ3v) is 4.17. The van der Waals surface area contributed by atoms with Gasteiger partial charge < -0.3 is 19.3 Å². The maximum absolute atomic E-state index is 12.6. The number of amides is 2. The van der Waals surface area contributed by atoms with Gasteiger partial charge in [-0.3, -0.25) is 9.59 Å². The number of hydrogen-bond donors (Lipinski definition) is 0. The van der Waals surface area contributed by atoms with Gasteiger partial charge >= 0.3 is 0 Å². The fourth-order valence-electron chi connectivity index (χ4n) is 2.78. The molecule has 3 rings (SSSR count). The normalized spacial score (nSPS) is 26.1. The molecule has 6 nitrogen and oxygen atoms in total. The Morgan fingerprint density at radius 3 is 1.42 bits per heavy atom. The van der Waals surface area contributed by atoms with Gasteiger partial charge in [-0.1, -0.05) is 0 Å². The van der Waals surface area contributed by atoms with Crippen LogP contribution >= 0.6 is 0 Å². The average Bonchev–Trinajstić information content (AvgIpc) is 3.29. The van der Waals surface area contributed by atoms with Crippen molar-refractivity contribution >= 4 is 11.8 Å². The summed E-state index contributed by atoms with van der Waals surface area (Å²) in [6, 6.07) is 0. The Hall–Kier alpha value is -1.14. The summed E-state index contributed by atoms with van der Waals surface area (Å²) >= 11 is 0. The van der Waals surface area contributed by atoms with Crippen LogP contribution in [0.15, 0.2) is 0 Å². The zero-order valence-corrected chi connectivity index (χ0v) is 11.1. The Balaban J connectivity index is 1.67. The molecule has 0 atom stereocenters. The second-order valence-electron chi connectivity index (χ2n) is 5.39. The van der Waals surface area contributed by atoms with E-state index >= 15 is 0 Å². The Kier molecular flexibility index (Phi) is 3.45. The van der Waals surface area contributed by atoms with Gasteiger partial charge in [0.25, 0.3) is 0 Å². The van der Waals surface area contributed by atoms with Gasteiger partial charge in [-0.15, -0.1) is 0 Å². The summed E-state index contributed by atoms with van der Waals surface area (Å²) in [7, 11) is 0. The monoisotopic (exact) mass is 268 g/mol. The highest BCUT2D eigenvalue weighted by Gasteiger charge is 2.59. The van der Waals surface area contributed by atoms with Gasteiger partial charge in [0.1, 0.15) is 5.41 Å². The fourth-order valence-corrected chi connectivity index (χ4v) is 2.78. The highest BCUT2D eigenvalue weighted by Crippen LogP contribution is 2.49. The van der Waals surface area contributed by atoms with Crippen LogP contribution in [0.4, 0.5) is 0 Å². The third kappa shape index (κ3) is 2.34. The molecule has 0 unspecified atom stereocenters. The molecule has 2 heterocycles. The molecule has 0 aromatic rings. The Morgan fingerprint density at radius 1 is 0.737 bits per heavy atom. The van der Waals surface area contributed by atoms with Crippen molar-refractivity contribution in [2.45, 2.75) is 12.8 Å². The second-order valence-corrected chi connectivity index (χ2v) is 5.39. The van der Waals surface area contributed by atoms with E-state index in [4.69, 9.17) is 9.47 Å². The molecule has 0 spiro atoms. The quantitative estimate of drug-likeness (QED) is 0.633. The van der Waals surface area contributed by atoms with Crippen molar-refractivity contribution in [3.8, 4) is 0 Å². The Morgan fingerprint density at radius 2 is 1.11 bits per heavy atom. The Labute approximate surface area is 112 Å². The molecule has 3 fully saturated rings. The zero-order valence-electron chi connectivity index (χ0n) is 11.1.